The van der Waals surface area contributed by atoms with Gasteiger partial charge in [0, 0.05) is 44.8 Å². The highest BCUT2D eigenvalue weighted by atomic mass is 35.5. The Balaban J connectivity index is 1.90. The maximum atomic E-state index is 11.5. The Morgan fingerprint density at radius 1 is 1.32 bits per heavy atom. The fourth-order valence-corrected chi connectivity index (χ4v) is 4.17. The van der Waals surface area contributed by atoms with Gasteiger partial charge in [0.05, 0.1) is 18.1 Å². The van der Waals surface area contributed by atoms with E-state index in [0.29, 0.717) is 26.2 Å². The average Bonchev–Trinajstić information content (AvgIpc) is 2.57. The maximum absolute atomic E-state index is 11.5. The van der Waals surface area contributed by atoms with Gasteiger partial charge in [-0.3, -0.25) is 9.89 Å². The Labute approximate surface area is 155 Å². The van der Waals surface area contributed by atoms with E-state index in [2.05, 4.69) is 15.2 Å². The van der Waals surface area contributed by atoms with Crippen LogP contribution in [0.3, 0.4) is 0 Å². The third kappa shape index (κ3) is 6.49. The zero-order valence-corrected chi connectivity index (χ0v) is 16.5. The molecule has 140 valence electrons. The lowest BCUT2D eigenvalue weighted by atomic mass is 10.2. The summed E-state index contributed by atoms with van der Waals surface area (Å²) in [7, 11) is -0.844. The van der Waals surface area contributed by atoms with Gasteiger partial charge in [-0.15, -0.1) is 0 Å². The molecule has 1 saturated heterocycles. The minimum Gasteiger partial charge on any atom is -0.357 e. The average molecular weight is 387 g/mol. The van der Waals surface area contributed by atoms with Crippen molar-refractivity contribution in [2.24, 2.45) is 4.99 Å². The predicted octanol–water partition coefficient (Wildman–Crippen LogP) is 1.47. The van der Waals surface area contributed by atoms with E-state index < -0.39 is 9.84 Å². The normalized spacial score (nSPS) is 18.1. The summed E-state index contributed by atoms with van der Waals surface area (Å²) in [6.07, 6.45) is 0. The smallest absolute Gasteiger partial charge is 0.194 e. The summed E-state index contributed by atoms with van der Waals surface area (Å²) in [6, 6.07) is 7.79. The molecule has 1 aromatic carbocycles. The van der Waals surface area contributed by atoms with Crippen LogP contribution < -0.4 is 5.32 Å². The molecule has 0 spiro atoms. The van der Waals surface area contributed by atoms with Crippen LogP contribution in [0.4, 0.5) is 0 Å². The Morgan fingerprint density at radius 3 is 2.64 bits per heavy atom. The maximum Gasteiger partial charge on any atom is 0.194 e. The highest BCUT2D eigenvalue weighted by molar-refractivity contribution is 7.91. The molecule has 1 aliphatic heterocycles. The molecule has 2 rings (SSSR count). The molecule has 6 nitrogen and oxygen atoms in total. The Hall–Kier alpha value is -1.31. The number of benzene rings is 1. The summed E-state index contributed by atoms with van der Waals surface area (Å²) in [5, 5.41) is 4.04. The van der Waals surface area contributed by atoms with Crippen LogP contribution >= 0.6 is 11.6 Å². The van der Waals surface area contributed by atoms with Crippen LogP contribution in [-0.2, 0) is 16.4 Å². The molecule has 0 bridgehead atoms. The van der Waals surface area contributed by atoms with Crippen LogP contribution in [-0.4, -0.2) is 75.5 Å². The molecule has 0 aromatic heterocycles. The van der Waals surface area contributed by atoms with Crippen molar-refractivity contribution in [1.82, 2.24) is 15.1 Å². The summed E-state index contributed by atoms with van der Waals surface area (Å²) < 4.78 is 22.9. The fraction of sp³-hybridized carbons (Fsp3) is 0.588. The fourth-order valence-electron chi connectivity index (χ4n) is 2.70. The van der Waals surface area contributed by atoms with E-state index >= 15 is 0 Å². The van der Waals surface area contributed by atoms with Gasteiger partial charge in [0.1, 0.15) is 0 Å². The van der Waals surface area contributed by atoms with Crippen LogP contribution in [0.5, 0.6) is 0 Å². The van der Waals surface area contributed by atoms with Gasteiger partial charge >= 0.3 is 0 Å². The van der Waals surface area contributed by atoms with Crippen molar-refractivity contribution < 1.29 is 8.42 Å². The van der Waals surface area contributed by atoms with Crippen LogP contribution in [0.2, 0.25) is 5.02 Å². The van der Waals surface area contributed by atoms with Crippen LogP contribution in [0.15, 0.2) is 29.3 Å². The quantitative estimate of drug-likeness (QED) is 0.592. The molecule has 1 fully saturated rings. The number of hydrogen-bond acceptors (Lipinski definition) is 4. The number of guanidine groups is 1. The minimum atomic E-state index is -2.83. The van der Waals surface area contributed by atoms with Crippen LogP contribution in [0, 0.1) is 0 Å². The molecule has 0 unspecified atom stereocenters. The van der Waals surface area contributed by atoms with Crippen molar-refractivity contribution in [3.8, 4) is 0 Å². The molecule has 1 aliphatic rings. The van der Waals surface area contributed by atoms with Crippen LogP contribution in [0.1, 0.15) is 12.5 Å². The van der Waals surface area contributed by atoms with E-state index in [1.807, 2.05) is 43.1 Å². The molecule has 0 saturated carbocycles. The van der Waals surface area contributed by atoms with Gasteiger partial charge < -0.3 is 10.2 Å². The number of aliphatic imine (C=N–C) groups is 1. The van der Waals surface area contributed by atoms with E-state index in [1.165, 1.54) is 0 Å². The van der Waals surface area contributed by atoms with Gasteiger partial charge in [-0.1, -0.05) is 29.8 Å². The molecule has 0 aliphatic carbocycles. The molecule has 1 N–H and O–H groups in total. The molecule has 1 heterocycles. The molecule has 8 heteroatoms. The van der Waals surface area contributed by atoms with Crippen molar-refractivity contribution >= 4 is 27.4 Å². The van der Waals surface area contributed by atoms with Gasteiger partial charge in [0.2, 0.25) is 0 Å². The summed E-state index contributed by atoms with van der Waals surface area (Å²) in [5.74, 6) is 1.33. The van der Waals surface area contributed by atoms with Crippen molar-refractivity contribution in [1.29, 1.82) is 0 Å². The SMILES string of the molecule is CCNC(=NCCN1CCS(=O)(=O)CC1)N(C)Cc1ccccc1Cl. The summed E-state index contributed by atoms with van der Waals surface area (Å²) in [5.41, 5.74) is 1.05. The first kappa shape index (κ1) is 20.0. The molecular weight excluding hydrogens is 360 g/mol. The Morgan fingerprint density at radius 2 is 2.00 bits per heavy atom. The first-order chi connectivity index (χ1) is 11.9. The summed E-state index contributed by atoms with van der Waals surface area (Å²) in [4.78, 5) is 8.87. The third-order valence-electron chi connectivity index (χ3n) is 4.18. The molecule has 0 atom stereocenters. The number of halogens is 1. The molecule has 0 radical (unpaired) electrons. The van der Waals surface area contributed by atoms with Crippen molar-refractivity contribution in [2.45, 2.75) is 13.5 Å². The lowest BCUT2D eigenvalue weighted by Crippen LogP contribution is -2.42. The van der Waals surface area contributed by atoms with Gasteiger partial charge in [0.15, 0.2) is 15.8 Å². The number of nitrogens with one attached hydrogen (secondary N) is 1. The van der Waals surface area contributed by atoms with Gasteiger partial charge in [-0.25, -0.2) is 8.42 Å². The zero-order valence-electron chi connectivity index (χ0n) is 14.9. The first-order valence-electron chi connectivity index (χ1n) is 8.57. The second-order valence-electron chi connectivity index (χ2n) is 6.18. The van der Waals surface area contributed by atoms with Gasteiger partial charge in [-0.2, -0.15) is 0 Å². The highest BCUT2D eigenvalue weighted by Crippen LogP contribution is 2.16. The highest BCUT2D eigenvalue weighted by Gasteiger charge is 2.21. The van der Waals surface area contributed by atoms with E-state index in [1.54, 1.807) is 0 Å². The minimum absolute atomic E-state index is 0.253. The second kappa shape index (κ2) is 9.40. The van der Waals surface area contributed by atoms with Crippen molar-refractivity contribution in [2.75, 3.05) is 51.3 Å². The Kier molecular flexibility index (Phi) is 7.53. The zero-order chi connectivity index (χ0) is 18.3. The second-order valence-corrected chi connectivity index (χ2v) is 8.89. The Bertz CT molecular complexity index is 680. The summed E-state index contributed by atoms with van der Waals surface area (Å²) in [6.45, 7) is 6.10. The largest absolute Gasteiger partial charge is 0.357 e. The van der Waals surface area contributed by atoms with E-state index in [-0.39, 0.29) is 11.5 Å². The van der Waals surface area contributed by atoms with Crippen molar-refractivity contribution in [3.63, 3.8) is 0 Å². The number of nitrogens with zero attached hydrogens (tertiary/aromatic N) is 3. The number of rotatable bonds is 6. The molecule has 0 amide bonds. The topological polar surface area (TPSA) is 65.0 Å². The number of sulfone groups is 1. The lowest BCUT2D eigenvalue weighted by molar-refractivity contribution is 0.303. The van der Waals surface area contributed by atoms with Gasteiger partial charge in [0.25, 0.3) is 0 Å². The third-order valence-corrected chi connectivity index (χ3v) is 6.15. The molecule has 1 aromatic rings. The lowest BCUT2D eigenvalue weighted by Gasteiger charge is -2.26. The standard InChI is InChI=1S/C17H27ClN4O2S/c1-3-19-17(21(2)14-15-6-4-5-7-16(15)18)20-8-9-22-10-12-25(23,24)13-11-22/h4-7H,3,8-14H2,1-2H3,(H,19,20). The molecule has 25 heavy (non-hydrogen) atoms. The molecular formula is C17H27ClN4O2S. The van der Waals surface area contributed by atoms with E-state index in [9.17, 15) is 8.42 Å². The summed E-state index contributed by atoms with van der Waals surface area (Å²) >= 11 is 6.24. The number of hydrogen-bond donors (Lipinski definition) is 1. The van der Waals surface area contributed by atoms with Crippen molar-refractivity contribution in [3.05, 3.63) is 34.9 Å². The van der Waals surface area contributed by atoms with Crippen LogP contribution in [0.25, 0.3) is 0 Å². The van der Waals surface area contributed by atoms with E-state index in [4.69, 9.17) is 11.6 Å². The predicted molar refractivity (Wildman–Crippen MR) is 104 cm³/mol. The monoisotopic (exact) mass is 386 g/mol. The first-order valence-corrected chi connectivity index (χ1v) is 10.8. The van der Waals surface area contributed by atoms with E-state index in [0.717, 1.165) is 29.6 Å². The van der Waals surface area contributed by atoms with Gasteiger partial charge in [-0.05, 0) is 18.6 Å².